The molecule has 0 aliphatic heterocycles. The van der Waals surface area contributed by atoms with Gasteiger partial charge in [0.1, 0.15) is 0 Å². The Labute approximate surface area is 97.2 Å². The van der Waals surface area contributed by atoms with Crippen LogP contribution in [0.2, 0.25) is 5.02 Å². The molecule has 0 aliphatic rings. The van der Waals surface area contributed by atoms with Crippen molar-refractivity contribution < 1.29 is 0 Å². The molecule has 0 saturated carbocycles. The second kappa shape index (κ2) is 6.11. The Kier molecular flexibility index (Phi) is 5.09. The van der Waals surface area contributed by atoms with Crippen molar-refractivity contribution in [2.24, 2.45) is 0 Å². The van der Waals surface area contributed by atoms with Crippen LogP contribution in [0.1, 0.15) is 18.5 Å². The Bertz CT molecular complexity index is 301. The van der Waals surface area contributed by atoms with E-state index in [0.717, 1.165) is 18.1 Å². The van der Waals surface area contributed by atoms with Crippen LogP contribution in [0.5, 0.6) is 0 Å². The third-order valence-electron chi connectivity index (χ3n) is 2.71. The van der Waals surface area contributed by atoms with E-state index in [2.05, 4.69) is 30.3 Å². The van der Waals surface area contributed by atoms with E-state index in [1.54, 1.807) is 0 Å². The Hall–Kier alpha value is -0.570. The summed E-state index contributed by atoms with van der Waals surface area (Å²) in [6, 6.07) is 8.46. The molecule has 0 spiro atoms. The van der Waals surface area contributed by atoms with E-state index in [9.17, 15) is 0 Å². The van der Waals surface area contributed by atoms with Crippen molar-refractivity contribution in [3.8, 4) is 0 Å². The van der Waals surface area contributed by atoms with Gasteiger partial charge in [-0.3, -0.25) is 4.90 Å². The first kappa shape index (κ1) is 12.5. The normalized spacial score (nSPS) is 13.1. The van der Waals surface area contributed by atoms with Crippen molar-refractivity contribution in [2.75, 3.05) is 27.2 Å². The molecular formula is C12H19ClN2. The van der Waals surface area contributed by atoms with Crippen LogP contribution in [0.25, 0.3) is 0 Å². The number of likely N-dealkylation sites (N-methyl/N-ethyl adjacent to an activating group) is 2. The van der Waals surface area contributed by atoms with Crippen molar-refractivity contribution >= 4 is 11.6 Å². The number of rotatable bonds is 5. The zero-order valence-corrected chi connectivity index (χ0v) is 10.4. The van der Waals surface area contributed by atoms with Crippen LogP contribution in [0.4, 0.5) is 0 Å². The molecule has 0 bridgehead atoms. The first-order valence-electron chi connectivity index (χ1n) is 5.25. The van der Waals surface area contributed by atoms with Gasteiger partial charge in [-0.2, -0.15) is 0 Å². The number of hydrogen-bond donors (Lipinski definition) is 1. The van der Waals surface area contributed by atoms with Gasteiger partial charge in [-0.05, 0) is 38.7 Å². The molecule has 0 heterocycles. The third-order valence-corrected chi connectivity index (χ3v) is 2.94. The fraction of sp³-hybridized carbons (Fsp3) is 0.500. The number of benzene rings is 1. The molecule has 1 atom stereocenters. The highest BCUT2D eigenvalue weighted by Gasteiger charge is 2.10. The highest BCUT2D eigenvalue weighted by atomic mass is 35.5. The minimum atomic E-state index is 0.400. The number of nitrogens with zero attached hydrogens (tertiary/aromatic N) is 1. The summed E-state index contributed by atoms with van der Waals surface area (Å²) < 4.78 is 0. The van der Waals surface area contributed by atoms with E-state index in [1.165, 1.54) is 5.56 Å². The molecule has 84 valence electrons. The summed E-state index contributed by atoms with van der Waals surface area (Å²) in [5, 5.41) is 3.96. The van der Waals surface area contributed by atoms with E-state index >= 15 is 0 Å². The summed E-state index contributed by atoms with van der Waals surface area (Å²) in [6.45, 7) is 4.23. The fourth-order valence-corrected chi connectivity index (χ4v) is 1.70. The van der Waals surface area contributed by atoms with E-state index < -0.39 is 0 Å². The zero-order valence-electron chi connectivity index (χ0n) is 9.63. The minimum Gasteiger partial charge on any atom is -0.318 e. The largest absolute Gasteiger partial charge is 0.318 e. The van der Waals surface area contributed by atoms with E-state index in [-0.39, 0.29) is 0 Å². The second-order valence-electron chi connectivity index (χ2n) is 3.82. The van der Waals surface area contributed by atoms with Gasteiger partial charge in [0, 0.05) is 24.2 Å². The Morgan fingerprint density at radius 2 is 2.20 bits per heavy atom. The minimum absolute atomic E-state index is 0.400. The zero-order chi connectivity index (χ0) is 11.3. The van der Waals surface area contributed by atoms with Gasteiger partial charge < -0.3 is 5.32 Å². The standard InChI is InChI=1S/C12H19ClN2/c1-10(15(3)8-7-14-2)11-5-4-6-12(13)9-11/h4-6,9-10,14H,7-8H2,1-3H3. The molecule has 1 aromatic carbocycles. The van der Waals surface area contributed by atoms with Crippen LogP contribution < -0.4 is 5.32 Å². The van der Waals surface area contributed by atoms with Gasteiger partial charge in [-0.1, -0.05) is 23.7 Å². The first-order valence-corrected chi connectivity index (χ1v) is 5.63. The van der Waals surface area contributed by atoms with Gasteiger partial charge in [-0.25, -0.2) is 0 Å². The molecule has 1 rings (SSSR count). The Morgan fingerprint density at radius 1 is 1.47 bits per heavy atom. The Balaban J connectivity index is 2.62. The van der Waals surface area contributed by atoms with Crippen LogP contribution >= 0.6 is 11.6 Å². The highest BCUT2D eigenvalue weighted by Crippen LogP contribution is 2.21. The van der Waals surface area contributed by atoms with Crippen LogP contribution in [0, 0.1) is 0 Å². The maximum absolute atomic E-state index is 5.97. The molecule has 3 heteroatoms. The summed E-state index contributed by atoms with van der Waals surface area (Å²) in [4.78, 5) is 2.31. The molecule has 1 unspecified atom stereocenters. The van der Waals surface area contributed by atoms with Crippen LogP contribution in [0.15, 0.2) is 24.3 Å². The third kappa shape index (κ3) is 3.82. The average Bonchev–Trinajstić information content (AvgIpc) is 2.24. The SMILES string of the molecule is CNCCN(C)C(C)c1cccc(Cl)c1. The van der Waals surface area contributed by atoms with E-state index in [1.807, 2.05) is 25.2 Å². The molecule has 0 amide bonds. The van der Waals surface area contributed by atoms with Crippen molar-refractivity contribution in [2.45, 2.75) is 13.0 Å². The average molecular weight is 227 g/mol. The van der Waals surface area contributed by atoms with Crippen molar-refractivity contribution in [1.82, 2.24) is 10.2 Å². The van der Waals surface area contributed by atoms with E-state index in [4.69, 9.17) is 11.6 Å². The van der Waals surface area contributed by atoms with Gasteiger partial charge in [0.05, 0.1) is 0 Å². The van der Waals surface area contributed by atoms with Gasteiger partial charge >= 0.3 is 0 Å². The maximum atomic E-state index is 5.97. The van der Waals surface area contributed by atoms with E-state index in [0.29, 0.717) is 6.04 Å². The molecule has 0 saturated heterocycles. The number of nitrogens with one attached hydrogen (secondary N) is 1. The molecule has 0 radical (unpaired) electrons. The summed E-state index contributed by atoms with van der Waals surface area (Å²) in [5.41, 5.74) is 1.26. The lowest BCUT2D eigenvalue weighted by molar-refractivity contribution is 0.263. The first-order chi connectivity index (χ1) is 7.15. The molecule has 0 aromatic heterocycles. The number of halogens is 1. The summed E-state index contributed by atoms with van der Waals surface area (Å²) >= 11 is 5.97. The van der Waals surface area contributed by atoms with Crippen LogP contribution in [-0.2, 0) is 0 Å². The lowest BCUT2D eigenvalue weighted by atomic mass is 10.1. The quantitative estimate of drug-likeness (QED) is 0.830. The van der Waals surface area contributed by atoms with Crippen molar-refractivity contribution in [3.05, 3.63) is 34.9 Å². The van der Waals surface area contributed by atoms with Gasteiger partial charge in [0.15, 0.2) is 0 Å². The molecular weight excluding hydrogens is 208 g/mol. The highest BCUT2D eigenvalue weighted by molar-refractivity contribution is 6.30. The summed E-state index contributed by atoms with van der Waals surface area (Å²) in [5.74, 6) is 0. The topological polar surface area (TPSA) is 15.3 Å². The Morgan fingerprint density at radius 3 is 2.80 bits per heavy atom. The smallest absolute Gasteiger partial charge is 0.0409 e. The predicted octanol–water partition coefficient (Wildman–Crippen LogP) is 2.55. The lowest BCUT2D eigenvalue weighted by Crippen LogP contribution is -2.29. The van der Waals surface area contributed by atoms with Gasteiger partial charge in [0.25, 0.3) is 0 Å². The van der Waals surface area contributed by atoms with Gasteiger partial charge in [0.2, 0.25) is 0 Å². The molecule has 1 aromatic rings. The fourth-order valence-electron chi connectivity index (χ4n) is 1.50. The van der Waals surface area contributed by atoms with Crippen molar-refractivity contribution in [3.63, 3.8) is 0 Å². The maximum Gasteiger partial charge on any atom is 0.0409 e. The predicted molar refractivity (Wildman–Crippen MR) is 66.4 cm³/mol. The second-order valence-corrected chi connectivity index (χ2v) is 4.25. The monoisotopic (exact) mass is 226 g/mol. The summed E-state index contributed by atoms with van der Waals surface area (Å²) in [7, 11) is 4.10. The van der Waals surface area contributed by atoms with Crippen molar-refractivity contribution in [1.29, 1.82) is 0 Å². The molecule has 2 nitrogen and oxygen atoms in total. The molecule has 15 heavy (non-hydrogen) atoms. The van der Waals surface area contributed by atoms with Gasteiger partial charge in [-0.15, -0.1) is 0 Å². The molecule has 0 fully saturated rings. The lowest BCUT2D eigenvalue weighted by Gasteiger charge is -2.25. The summed E-state index contributed by atoms with van der Waals surface area (Å²) in [6.07, 6.45) is 0. The molecule has 0 aliphatic carbocycles. The number of hydrogen-bond acceptors (Lipinski definition) is 2. The van der Waals surface area contributed by atoms with Crippen LogP contribution in [0.3, 0.4) is 0 Å². The van der Waals surface area contributed by atoms with Crippen LogP contribution in [-0.4, -0.2) is 32.1 Å². The molecule has 1 N–H and O–H groups in total.